The van der Waals surface area contributed by atoms with E-state index >= 15 is 0 Å². The van der Waals surface area contributed by atoms with Crippen molar-refractivity contribution < 1.29 is 18.0 Å². The molecule has 1 unspecified atom stereocenters. The number of halogens is 3. The Kier molecular flexibility index (Phi) is 5.20. The number of benzene rings is 1. The molecule has 0 bridgehead atoms. The summed E-state index contributed by atoms with van der Waals surface area (Å²) in [7, 11) is 0. The third-order valence-electron chi connectivity index (χ3n) is 3.29. The highest BCUT2D eigenvalue weighted by Gasteiger charge is 2.30. The number of carbonyl (C=O) groups is 1. The first-order chi connectivity index (χ1) is 11.2. The molecule has 24 heavy (non-hydrogen) atoms. The summed E-state index contributed by atoms with van der Waals surface area (Å²) >= 11 is 0. The first-order valence-electron chi connectivity index (χ1n) is 7.43. The molecule has 2 rings (SSSR count). The van der Waals surface area contributed by atoms with E-state index < -0.39 is 17.8 Å². The quantitative estimate of drug-likeness (QED) is 0.907. The van der Waals surface area contributed by atoms with Gasteiger partial charge in [0.05, 0.1) is 5.56 Å². The normalized spacial score (nSPS) is 13.1. The smallest absolute Gasteiger partial charge is 0.354 e. The summed E-state index contributed by atoms with van der Waals surface area (Å²) in [5, 5.41) is 14.3. The van der Waals surface area contributed by atoms with Gasteiger partial charge in [0, 0.05) is 12.1 Å². The first kappa shape index (κ1) is 17.9. The van der Waals surface area contributed by atoms with Crippen LogP contribution in [-0.4, -0.2) is 32.7 Å². The molecule has 0 radical (unpaired) electrons. The molecule has 1 heterocycles. The van der Waals surface area contributed by atoms with Gasteiger partial charge >= 0.3 is 6.18 Å². The summed E-state index contributed by atoms with van der Waals surface area (Å²) < 4.78 is 38.3. The number of hydrogen-bond donors (Lipinski definition) is 1. The number of hydrogen-bond acceptors (Lipinski definition) is 4. The van der Waals surface area contributed by atoms with Crippen molar-refractivity contribution in [3.05, 3.63) is 29.8 Å². The number of alkyl halides is 3. The Balaban J connectivity index is 2.17. The minimum absolute atomic E-state index is 0.0320. The van der Waals surface area contributed by atoms with Crippen LogP contribution in [0.5, 0.6) is 0 Å². The minimum Gasteiger partial charge on any atom is -0.354 e. The summed E-state index contributed by atoms with van der Waals surface area (Å²) in [5.41, 5.74) is -0.607. The van der Waals surface area contributed by atoms with Crippen molar-refractivity contribution in [3.63, 3.8) is 0 Å². The maximum absolute atomic E-state index is 12.8. The molecule has 0 saturated carbocycles. The van der Waals surface area contributed by atoms with Gasteiger partial charge in [0.15, 0.2) is 0 Å². The van der Waals surface area contributed by atoms with Crippen LogP contribution < -0.4 is 5.32 Å². The summed E-state index contributed by atoms with van der Waals surface area (Å²) in [6, 6.07) is 3.94. The fraction of sp³-hybridized carbons (Fsp3) is 0.467. The molecule has 6 nitrogen and oxygen atoms in total. The maximum Gasteiger partial charge on any atom is 0.416 e. The molecule has 0 spiro atoms. The molecular formula is C15H18F3N5O. The molecule has 9 heteroatoms. The highest BCUT2D eigenvalue weighted by molar-refractivity contribution is 5.79. The van der Waals surface area contributed by atoms with Gasteiger partial charge in [-0.3, -0.25) is 4.79 Å². The summed E-state index contributed by atoms with van der Waals surface area (Å²) in [4.78, 5) is 13.1. The molecule has 2 aromatic rings. The Morgan fingerprint density at radius 1 is 1.29 bits per heavy atom. The lowest BCUT2D eigenvalue weighted by Gasteiger charge is -2.12. The number of tetrazole rings is 1. The maximum atomic E-state index is 12.8. The Hall–Kier alpha value is -2.45. The highest BCUT2D eigenvalue weighted by Crippen LogP contribution is 2.31. The number of amides is 1. The first-order valence-corrected chi connectivity index (χ1v) is 7.43. The Morgan fingerprint density at radius 3 is 2.62 bits per heavy atom. The van der Waals surface area contributed by atoms with Gasteiger partial charge in [0.2, 0.25) is 11.7 Å². The van der Waals surface area contributed by atoms with Crippen LogP contribution in [0.1, 0.15) is 32.4 Å². The molecule has 1 aromatic heterocycles. The second-order valence-corrected chi connectivity index (χ2v) is 5.83. The molecule has 0 fully saturated rings. The number of aromatic nitrogens is 4. The molecule has 1 aromatic carbocycles. The van der Waals surface area contributed by atoms with E-state index in [1.807, 2.05) is 13.8 Å². The largest absolute Gasteiger partial charge is 0.416 e. The van der Waals surface area contributed by atoms with E-state index in [9.17, 15) is 18.0 Å². The molecule has 0 aliphatic rings. The van der Waals surface area contributed by atoms with Crippen molar-refractivity contribution in [2.75, 3.05) is 6.54 Å². The lowest BCUT2D eigenvalue weighted by Crippen LogP contribution is -2.34. The van der Waals surface area contributed by atoms with Crippen molar-refractivity contribution in [1.82, 2.24) is 25.5 Å². The van der Waals surface area contributed by atoms with E-state index in [0.29, 0.717) is 12.5 Å². The molecule has 0 saturated heterocycles. The minimum atomic E-state index is -4.45. The van der Waals surface area contributed by atoms with Crippen LogP contribution in [0.2, 0.25) is 0 Å². The molecule has 130 valence electrons. The van der Waals surface area contributed by atoms with Gasteiger partial charge in [0.25, 0.3) is 0 Å². The van der Waals surface area contributed by atoms with Gasteiger partial charge in [-0.2, -0.15) is 18.0 Å². The van der Waals surface area contributed by atoms with Crippen LogP contribution in [0.3, 0.4) is 0 Å². The molecular weight excluding hydrogens is 323 g/mol. The predicted octanol–water partition coefficient (Wildman–Crippen LogP) is 2.69. The van der Waals surface area contributed by atoms with E-state index in [1.165, 1.54) is 12.1 Å². The van der Waals surface area contributed by atoms with Gasteiger partial charge in [-0.25, -0.2) is 0 Å². The van der Waals surface area contributed by atoms with Gasteiger partial charge in [-0.1, -0.05) is 26.0 Å². The zero-order valence-electron chi connectivity index (χ0n) is 13.5. The average molecular weight is 341 g/mol. The van der Waals surface area contributed by atoms with Gasteiger partial charge in [-0.05, 0) is 30.2 Å². The van der Waals surface area contributed by atoms with Crippen molar-refractivity contribution in [2.45, 2.75) is 33.0 Å². The average Bonchev–Trinajstić information content (AvgIpc) is 3.01. The van der Waals surface area contributed by atoms with E-state index in [2.05, 4.69) is 20.7 Å². The lowest BCUT2D eigenvalue weighted by atomic mass is 10.1. The van der Waals surface area contributed by atoms with Crippen LogP contribution in [0, 0.1) is 5.92 Å². The standard InChI is InChI=1S/C15H18F3N5O/c1-9(2)8-19-14(24)10(3)23-21-13(20-22-23)11-5-4-6-12(7-11)15(16,17)18/h4-7,9-10H,8H2,1-3H3,(H,19,24). The highest BCUT2D eigenvalue weighted by atomic mass is 19.4. The van der Waals surface area contributed by atoms with Crippen molar-refractivity contribution >= 4 is 5.91 Å². The number of nitrogens with one attached hydrogen (secondary N) is 1. The Labute approximate surface area is 137 Å². The van der Waals surface area contributed by atoms with E-state index in [0.717, 1.165) is 16.9 Å². The fourth-order valence-corrected chi connectivity index (χ4v) is 1.90. The Bertz CT molecular complexity index is 711. The number of nitrogens with zero attached hydrogens (tertiary/aromatic N) is 4. The van der Waals surface area contributed by atoms with Crippen LogP contribution in [0.4, 0.5) is 13.2 Å². The van der Waals surface area contributed by atoms with Crippen LogP contribution in [0.25, 0.3) is 11.4 Å². The monoisotopic (exact) mass is 341 g/mol. The van der Waals surface area contributed by atoms with Crippen molar-refractivity contribution in [1.29, 1.82) is 0 Å². The second kappa shape index (κ2) is 6.98. The van der Waals surface area contributed by atoms with Crippen LogP contribution >= 0.6 is 0 Å². The SMILES string of the molecule is CC(C)CNC(=O)C(C)n1nnc(-c2cccc(C(F)(F)F)c2)n1. The van der Waals surface area contributed by atoms with E-state index in [4.69, 9.17) is 0 Å². The Morgan fingerprint density at radius 2 is 2.00 bits per heavy atom. The predicted molar refractivity (Wildman–Crippen MR) is 80.8 cm³/mol. The topological polar surface area (TPSA) is 72.7 Å². The molecule has 0 aliphatic heterocycles. The summed E-state index contributed by atoms with van der Waals surface area (Å²) in [6.07, 6.45) is -4.45. The summed E-state index contributed by atoms with van der Waals surface area (Å²) in [6.45, 7) is 6.03. The third kappa shape index (κ3) is 4.30. The zero-order chi connectivity index (χ0) is 17.9. The van der Waals surface area contributed by atoms with Crippen molar-refractivity contribution in [3.8, 4) is 11.4 Å². The van der Waals surface area contributed by atoms with Crippen LogP contribution in [-0.2, 0) is 11.0 Å². The lowest BCUT2D eigenvalue weighted by molar-refractivity contribution is -0.137. The molecule has 1 N–H and O–H groups in total. The van der Waals surface area contributed by atoms with Crippen LogP contribution in [0.15, 0.2) is 24.3 Å². The number of carbonyl (C=O) groups excluding carboxylic acids is 1. The molecule has 1 amide bonds. The second-order valence-electron chi connectivity index (χ2n) is 5.83. The van der Waals surface area contributed by atoms with Gasteiger partial charge < -0.3 is 5.32 Å². The van der Waals surface area contributed by atoms with E-state index in [-0.39, 0.29) is 17.3 Å². The fourth-order valence-electron chi connectivity index (χ4n) is 1.90. The number of rotatable bonds is 5. The zero-order valence-corrected chi connectivity index (χ0v) is 13.5. The summed E-state index contributed by atoms with van der Waals surface area (Å²) in [5.74, 6) is 0.0480. The molecule has 0 aliphatic carbocycles. The molecule has 1 atom stereocenters. The third-order valence-corrected chi connectivity index (χ3v) is 3.29. The van der Waals surface area contributed by atoms with Crippen molar-refractivity contribution in [2.24, 2.45) is 5.92 Å². The van der Waals surface area contributed by atoms with E-state index in [1.54, 1.807) is 6.92 Å². The van der Waals surface area contributed by atoms with Gasteiger partial charge in [0.1, 0.15) is 6.04 Å². The van der Waals surface area contributed by atoms with Gasteiger partial charge in [-0.15, -0.1) is 10.2 Å².